The molecule has 2 aromatic rings. The molecule has 1 saturated heterocycles. The van der Waals surface area contributed by atoms with Crippen LogP contribution in [0.2, 0.25) is 0 Å². The fraction of sp³-hybridized carbons (Fsp3) is 0.391. The maximum Gasteiger partial charge on any atom is 0.243 e. The van der Waals surface area contributed by atoms with Crippen molar-refractivity contribution in [1.29, 1.82) is 0 Å². The van der Waals surface area contributed by atoms with E-state index >= 15 is 0 Å². The largest absolute Gasteiger partial charge is 0.488 e. The van der Waals surface area contributed by atoms with Crippen molar-refractivity contribution in [2.75, 3.05) is 31.6 Å². The average molecular weight is 556 g/mol. The van der Waals surface area contributed by atoms with Crippen molar-refractivity contribution in [2.24, 2.45) is 4.99 Å². The summed E-state index contributed by atoms with van der Waals surface area (Å²) in [5.41, 5.74) is 2.61. The van der Waals surface area contributed by atoms with E-state index in [0.29, 0.717) is 31.3 Å². The van der Waals surface area contributed by atoms with Gasteiger partial charge >= 0.3 is 0 Å². The molecule has 1 atom stereocenters. The van der Waals surface area contributed by atoms with Gasteiger partial charge in [0.25, 0.3) is 0 Å². The van der Waals surface area contributed by atoms with E-state index in [-0.39, 0.29) is 48.3 Å². The van der Waals surface area contributed by atoms with Crippen molar-refractivity contribution < 1.29 is 18.7 Å². The molecule has 1 amide bonds. The van der Waals surface area contributed by atoms with Gasteiger partial charge in [0.2, 0.25) is 5.91 Å². The number of rotatable bonds is 8. The van der Waals surface area contributed by atoms with Crippen LogP contribution in [0, 0.1) is 12.7 Å². The number of nitrogens with zero attached hydrogens (tertiary/aromatic N) is 1. The second-order valence-electron chi connectivity index (χ2n) is 7.32. The van der Waals surface area contributed by atoms with Crippen molar-refractivity contribution in [3.05, 3.63) is 59.4 Å². The first-order valence-corrected chi connectivity index (χ1v) is 10.4. The minimum Gasteiger partial charge on any atom is -0.488 e. The number of aryl methyl sites for hydroxylation is 1. The number of guanidine groups is 1. The summed E-state index contributed by atoms with van der Waals surface area (Å²) in [6, 6.07) is 11.7. The van der Waals surface area contributed by atoms with Crippen LogP contribution in [0.15, 0.2) is 47.5 Å². The van der Waals surface area contributed by atoms with Gasteiger partial charge in [0.15, 0.2) is 5.96 Å². The number of ether oxygens (including phenoxy) is 2. The molecule has 7 nitrogen and oxygen atoms in total. The predicted octanol–water partition coefficient (Wildman–Crippen LogP) is 3.61. The molecule has 0 spiro atoms. The van der Waals surface area contributed by atoms with Gasteiger partial charge in [-0.1, -0.05) is 12.1 Å². The van der Waals surface area contributed by atoms with Crippen molar-refractivity contribution in [1.82, 2.24) is 10.6 Å². The van der Waals surface area contributed by atoms with Crippen LogP contribution in [0.3, 0.4) is 0 Å². The fourth-order valence-electron chi connectivity index (χ4n) is 3.10. The molecular weight excluding hydrogens is 526 g/mol. The van der Waals surface area contributed by atoms with Gasteiger partial charge in [-0.2, -0.15) is 0 Å². The van der Waals surface area contributed by atoms with Crippen LogP contribution in [0.5, 0.6) is 5.75 Å². The number of nitrogens with one attached hydrogen (secondary N) is 3. The number of anilines is 1. The van der Waals surface area contributed by atoms with Gasteiger partial charge in [-0.15, -0.1) is 24.0 Å². The van der Waals surface area contributed by atoms with Gasteiger partial charge in [-0.3, -0.25) is 4.79 Å². The predicted molar refractivity (Wildman–Crippen MR) is 134 cm³/mol. The third kappa shape index (κ3) is 8.27. The van der Waals surface area contributed by atoms with E-state index in [1.807, 2.05) is 32.0 Å². The zero-order valence-electron chi connectivity index (χ0n) is 18.3. The Kier molecular flexibility index (Phi) is 10.7. The summed E-state index contributed by atoms with van der Waals surface area (Å²) in [6.07, 6.45) is 0.940. The van der Waals surface area contributed by atoms with Crippen LogP contribution in [-0.2, 0) is 16.1 Å². The summed E-state index contributed by atoms with van der Waals surface area (Å²) in [7, 11) is 0. The van der Waals surface area contributed by atoms with Crippen LogP contribution >= 0.6 is 24.0 Å². The first-order valence-electron chi connectivity index (χ1n) is 10.4. The van der Waals surface area contributed by atoms with Crippen LogP contribution in [0.4, 0.5) is 10.1 Å². The summed E-state index contributed by atoms with van der Waals surface area (Å²) in [6.45, 7) is 6.38. The van der Waals surface area contributed by atoms with Crippen LogP contribution < -0.4 is 20.7 Å². The number of benzene rings is 2. The monoisotopic (exact) mass is 556 g/mol. The Morgan fingerprint density at radius 2 is 2.00 bits per heavy atom. The summed E-state index contributed by atoms with van der Waals surface area (Å²) in [5, 5.41) is 8.86. The minimum atomic E-state index is -0.349. The van der Waals surface area contributed by atoms with Gasteiger partial charge in [-0.25, -0.2) is 9.38 Å². The third-order valence-electron chi connectivity index (χ3n) is 4.70. The molecule has 0 bridgehead atoms. The number of hydrogen-bond donors (Lipinski definition) is 3. The zero-order valence-corrected chi connectivity index (χ0v) is 20.6. The number of amides is 1. The lowest BCUT2D eigenvalue weighted by Gasteiger charge is -2.16. The van der Waals surface area contributed by atoms with E-state index in [4.69, 9.17) is 9.47 Å². The summed E-state index contributed by atoms with van der Waals surface area (Å²) < 4.78 is 24.5. The van der Waals surface area contributed by atoms with Gasteiger partial charge in [-0.05, 0) is 49.7 Å². The molecule has 0 radical (unpaired) electrons. The minimum absolute atomic E-state index is 0. The molecule has 3 N–H and O–H groups in total. The fourth-order valence-corrected chi connectivity index (χ4v) is 3.10. The normalized spacial score (nSPS) is 15.6. The lowest BCUT2D eigenvalue weighted by molar-refractivity contribution is -0.115. The van der Waals surface area contributed by atoms with Crippen molar-refractivity contribution in [2.45, 2.75) is 32.9 Å². The van der Waals surface area contributed by atoms with E-state index in [9.17, 15) is 9.18 Å². The molecule has 1 aliphatic rings. The molecule has 1 heterocycles. The van der Waals surface area contributed by atoms with Gasteiger partial charge in [0.05, 0.1) is 26.3 Å². The molecule has 3 rings (SSSR count). The molecule has 1 unspecified atom stereocenters. The number of aliphatic imine (C=N–C) groups is 1. The summed E-state index contributed by atoms with van der Waals surface area (Å²) in [4.78, 5) is 16.8. The molecule has 1 fully saturated rings. The first kappa shape index (κ1) is 25.9. The number of carbonyl (C=O) groups is 1. The van der Waals surface area contributed by atoms with E-state index in [1.54, 1.807) is 0 Å². The number of hydrogen-bond acceptors (Lipinski definition) is 4. The highest BCUT2D eigenvalue weighted by molar-refractivity contribution is 14.0. The molecule has 0 aliphatic carbocycles. The highest BCUT2D eigenvalue weighted by Gasteiger charge is 2.18. The smallest absolute Gasteiger partial charge is 0.243 e. The van der Waals surface area contributed by atoms with Crippen molar-refractivity contribution in [3.8, 4) is 5.75 Å². The number of halogens is 2. The maximum absolute atomic E-state index is 13.0. The maximum atomic E-state index is 13.0. The lowest BCUT2D eigenvalue weighted by Crippen LogP contribution is -2.41. The van der Waals surface area contributed by atoms with Crippen LogP contribution in [0.1, 0.15) is 24.5 Å². The standard InChI is InChI=1S/C23H29FN4O3.HI/c1-3-25-23(27-14-22(29)28-19-8-6-18(24)7-9-19)26-13-17-5-4-16(2)12-21(17)31-20-10-11-30-15-20;/h4-9,12,20H,3,10-11,13-15H2,1-2H3,(H,28,29)(H2,25,26,27);1H. The molecular formula is C23H30FIN4O3. The Morgan fingerprint density at radius 3 is 2.69 bits per heavy atom. The molecule has 1 aliphatic heterocycles. The van der Waals surface area contributed by atoms with Gasteiger partial charge < -0.3 is 25.4 Å². The highest BCUT2D eigenvalue weighted by Crippen LogP contribution is 2.24. The Morgan fingerprint density at radius 1 is 1.22 bits per heavy atom. The Bertz CT molecular complexity index is 903. The van der Waals surface area contributed by atoms with E-state index in [1.165, 1.54) is 24.3 Å². The van der Waals surface area contributed by atoms with Gasteiger partial charge in [0, 0.05) is 24.2 Å². The zero-order chi connectivity index (χ0) is 22.1. The molecule has 9 heteroatoms. The highest BCUT2D eigenvalue weighted by atomic mass is 127. The Hall–Kier alpha value is -2.40. The molecule has 174 valence electrons. The number of carbonyl (C=O) groups excluding carboxylic acids is 1. The van der Waals surface area contributed by atoms with Crippen LogP contribution in [-0.4, -0.2) is 44.3 Å². The summed E-state index contributed by atoms with van der Waals surface area (Å²) >= 11 is 0. The quantitative estimate of drug-likeness (QED) is 0.263. The first-order chi connectivity index (χ1) is 15.0. The molecule has 0 saturated carbocycles. The molecule has 0 aromatic heterocycles. The summed E-state index contributed by atoms with van der Waals surface area (Å²) in [5.74, 6) is 0.729. The van der Waals surface area contributed by atoms with E-state index < -0.39 is 0 Å². The Balaban J connectivity index is 0.00000363. The third-order valence-corrected chi connectivity index (χ3v) is 4.70. The molecule has 32 heavy (non-hydrogen) atoms. The molecule has 2 aromatic carbocycles. The van der Waals surface area contributed by atoms with Gasteiger partial charge in [0.1, 0.15) is 17.7 Å². The van der Waals surface area contributed by atoms with Crippen LogP contribution in [0.25, 0.3) is 0 Å². The second-order valence-corrected chi connectivity index (χ2v) is 7.32. The average Bonchev–Trinajstić information content (AvgIpc) is 3.26. The topological polar surface area (TPSA) is 84.0 Å². The van der Waals surface area contributed by atoms with E-state index in [2.05, 4.69) is 20.9 Å². The Labute approximate surface area is 205 Å². The van der Waals surface area contributed by atoms with Crippen molar-refractivity contribution >= 4 is 41.5 Å². The van der Waals surface area contributed by atoms with E-state index in [0.717, 1.165) is 29.9 Å². The SMILES string of the molecule is CCNC(=NCc1ccc(C)cc1OC1CCOC1)NCC(=O)Nc1ccc(F)cc1.I. The second kappa shape index (κ2) is 13.2. The van der Waals surface area contributed by atoms with Crippen molar-refractivity contribution in [3.63, 3.8) is 0 Å². The lowest BCUT2D eigenvalue weighted by atomic mass is 10.1.